The fourth-order valence-electron chi connectivity index (χ4n) is 5.84. The monoisotopic (exact) mass is 795 g/mol. The van der Waals surface area contributed by atoms with E-state index in [1.807, 2.05) is 6.20 Å². The molecule has 0 aliphatic heterocycles. The molecule has 1 radical (unpaired) electrons. The van der Waals surface area contributed by atoms with Crippen LogP contribution in [0.5, 0.6) is 0 Å². The van der Waals surface area contributed by atoms with Crippen LogP contribution in [-0.4, -0.2) is 9.97 Å². The van der Waals surface area contributed by atoms with Crippen LogP contribution in [0.4, 0.5) is 0 Å². The molecule has 237 valence electrons. The van der Waals surface area contributed by atoms with Gasteiger partial charge in [0.1, 0.15) is 0 Å². The maximum absolute atomic E-state index is 7.28. The van der Waals surface area contributed by atoms with Crippen LogP contribution in [0.1, 0.15) is 75.2 Å². The second-order valence-corrected chi connectivity index (χ2v) is 12.4. The number of fused-ring (bicyclic) bond motifs is 1. The Morgan fingerprint density at radius 1 is 0.723 bits per heavy atom. The summed E-state index contributed by atoms with van der Waals surface area (Å²) in [6, 6.07) is 42.2. The van der Waals surface area contributed by atoms with Crippen LogP contribution in [0.15, 0.2) is 122 Å². The van der Waals surface area contributed by atoms with Gasteiger partial charge in [0.05, 0.1) is 0 Å². The number of benzene rings is 4. The first kappa shape index (κ1) is 26.6. The Bertz CT molecular complexity index is 2130. The predicted octanol–water partition coefficient (Wildman–Crippen LogP) is 11.3. The van der Waals surface area contributed by atoms with Gasteiger partial charge in [-0.2, -0.15) is 0 Å². The molecule has 0 saturated heterocycles. The average molecular weight is 795 g/mol. The topological polar surface area (TPSA) is 25.8 Å². The van der Waals surface area contributed by atoms with Gasteiger partial charge in [-0.25, -0.2) is 0 Å². The van der Waals surface area contributed by atoms with Gasteiger partial charge in [0.2, 0.25) is 0 Å². The van der Waals surface area contributed by atoms with Gasteiger partial charge in [0.25, 0.3) is 0 Å². The third kappa shape index (κ3) is 7.43. The standard InChI is InChI=1S/C31H28N.C13H12N.Ir/c1-21(2)24-15-16-32-30(19-24)25-17-26(22-11-7-5-8-12-22)27-20-28(23-13-9-6-10-14-23)31(3,4)29(27)18-25;1-10-3-6-12(7-4-10)13-8-5-11(2)9-14-13;/h5-17,19-21H,1-4H3;3-6,8-9H,1-2H3;/q2*-1;/i;1D3,2D3;. The van der Waals surface area contributed by atoms with Crippen LogP contribution in [-0.2, 0) is 25.5 Å². The summed E-state index contributed by atoms with van der Waals surface area (Å²) in [6.45, 7) is 4.73. The van der Waals surface area contributed by atoms with Gasteiger partial charge in [0.15, 0.2) is 0 Å². The van der Waals surface area contributed by atoms with Crippen LogP contribution in [0, 0.1) is 25.8 Å². The molecular formula is C44H40IrN2-2. The van der Waals surface area contributed by atoms with E-state index >= 15 is 0 Å². The number of hydrogen-bond acceptors (Lipinski definition) is 2. The van der Waals surface area contributed by atoms with Gasteiger partial charge >= 0.3 is 0 Å². The SMILES string of the molecule is CC(C)c1ccnc(-c2[c-]c3c(c(-c4ccccc4)c2)C=C(c2ccccc2)C3(C)C)c1.[2H]C([2H])([2H])c1c[c-]c(-c2ccc(C([2H])([2H])[2H])cn2)cc1.[Ir]. The molecule has 6 aromatic rings. The first-order valence-electron chi connectivity index (χ1n) is 18.5. The maximum Gasteiger partial charge on any atom is 0.0280 e. The smallest absolute Gasteiger partial charge is 0.0280 e. The molecule has 0 saturated carbocycles. The second kappa shape index (κ2) is 14.6. The molecule has 7 rings (SSSR count). The molecule has 2 heterocycles. The zero-order valence-corrected chi connectivity index (χ0v) is 29.3. The Hall–Kier alpha value is -4.43. The molecule has 0 amide bonds. The van der Waals surface area contributed by atoms with Crippen LogP contribution < -0.4 is 0 Å². The molecule has 47 heavy (non-hydrogen) atoms. The van der Waals surface area contributed by atoms with Crippen molar-refractivity contribution in [3.63, 3.8) is 0 Å². The van der Waals surface area contributed by atoms with E-state index in [-0.39, 0.29) is 36.6 Å². The molecule has 1 aliphatic carbocycles. The maximum atomic E-state index is 7.28. The van der Waals surface area contributed by atoms with Crippen LogP contribution in [0.3, 0.4) is 0 Å². The number of rotatable bonds is 5. The van der Waals surface area contributed by atoms with E-state index in [4.69, 9.17) is 13.2 Å². The van der Waals surface area contributed by atoms with E-state index in [1.165, 1.54) is 63.3 Å². The third-order valence-corrected chi connectivity index (χ3v) is 8.44. The Balaban J connectivity index is 0.000000223. The van der Waals surface area contributed by atoms with E-state index in [1.54, 1.807) is 12.1 Å². The minimum atomic E-state index is -2.18. The predicted molar refractivity (Wildman–Crippen MR) is 193 cm³/mol. The molecule has 0 spiro atoms. The molecule has 2 aromatic heterocycles. The fraction of sp³-hybridized carbons (Fsp3) is 0.182. The minimum Gasteiger partial charge on any atom is -0.305 e. The number of hydrogen-bond donors (Lipinski definition) is 0. The van der Waals surface area contributed by atoms with E-state index in [9.17, 15) is 0 Å². The number of allylic oxidation sites excluding steroid dienone is 1. The second-order valence-electron chi connectivity index (χ2n) is 12.4. The molecule has 1 aliphatic rings. The first-order chi connectivity index (χ1) is 24.6. The quantitative estimate of drug-likeness (QED) is 0.163. The van der Waals surface area contributed by atoms with E-state index < -0.39 is 13.7 Å². The van der Waals surface area contributed by atoms with Gasteiger partial charge in [-0.1, -0.05) is 136 Å². The molecule has 0 bridgehead atoms. The van der Waals surface area contributed by atoms with Crippen molar-refractivity contribution in [2.75, 3.05) is 0 Å². The van der Waals surface area contributed by atoms with Crippen molar-refractivity contribution in [1.29, 1.82) is 0 Å². The largest absolute Gasteiger partial charge is 0.305 e. The summed E-state index contributed by atoms with van der Waals surface area (Å²) < 4.78 is 43.6. The summed E-state index contributed by atoms with van der Waals surface area (Å²) >= 11 is 0. The van der Waals surface area contributed by atoms with Crippen molar-refractivity contribution in [2.24, 2.45) is 0 Å². The third-order valence-electron chi connectivity index (χ3n) is 8.44. The van der Waals surface area contributed by atoms with Gasteiger partial charge in [0, 0.05) is 40.7 Å². The average Bonchev–Trinajstić information content (AvgIpc) is 3.41. The molecule has 4 aromatic carbocycles. The van der Waals surface area contributed by atoms with Crippen molar-refractivity contribution in [3.8, 4) is 33.6 Å². The number of aromatic nitrogens is 2. The number of nitrogens with zero attached hydrogens (tertiary/aromatic N) is 2. The normalized spacial score (nSPS) is 15.2. The molecule has 3 heteroatoms. The van der Waals surface area contributed by atoms with Crippen LogP contribution >= 0.6 is 0 Å². The Morgan fingerprint density at radius 3 is 2.04 bits per heavy atom. The van der Waals surface area contributed by atoms with Gasteiger partial charge in [-0.3, -0.25) is 0 Å². The van der Waals surface area contributed by atoms with Crippen LogP contribution in [0.25, 0.3) is 45.3 Å². The summed E-state index contributed by atoms with van der Waals surface area (Å²) in [4.78, 5) is 8.80. The van der Waals surface area contributed by atoms with Crippen molar-refractivity contribution in [1.82, 2.24) is 9.97 Å². The Kier molecular flexibility index (Phi) is 8.24. The van der Waals surface area contributed by atoms with Gasteiger partial charge < -0.3 is 9.97 Å². The summed E-state index contributed by atoms with van der Waals surface area (Å²) in [5, 5.41) is 0. The Morgan fingerprint density at radius 2 is 1.43 bits per heavy atom. The first-order valence-corrected chi connectivity index (χ1v) is 15.5. The van der Waals surface area contributed by atoms with E-state index in [0.29, 0.717) is 17.2 Å². The Labute approximate surface area is 302 Å². The van der Waals surface area contributed by atoms with Crippen molar-refractivity contribution in [3.05, 3.63) is 167 Å². The van der Waals surface area contributed by atoms with E-state index in [2.05, 4.69) is 130 Å². The number of pyridine rings is 2. The molecule has 0 fully saturated rings. The number of aryl methyl sites for hydroxylation is 2. The summed E-state index contributed by atoms with van der Waals surface area (Å²) in [5.74, 6) is 0.461. The van der Waals surface area contributed by atoms with Crippen molar-refractivity contribution < 1.29 is 28.3 Å². The summed E-state index contributed by atoms with van der Waals surface area (Å²) in [5.41, 5.74) is 12.3. The zero-order chi connectivity index (χ0) is 37.3. The minimum absolute atomic E-state index is 0. The van der Waals surface area contributed by atoms with Crippen LogP contribution in [0.2, 0.25) is 0 Å². The van der Waals surface area contributed by atoms with Crippen molar-refractivity contribution in [2.45, 2.75) is 52.7 Å². The molecule has 0 atom stereocenters. The van der Waals surface area contributed by atoms with Gasteiger partial charge in [-0.05, 0) is 57.9 Å². The van der Waals surface area contributed by atoms with Crippen molar-refractivity contribution >= 4 is 11.6 Å². The summed E-state index contributed by atoms with van der Waals surface area (Å²) in [6.07, 6.45) is 5.59. The molecule has 0 N–H and O–H groups in total. The van der Waals surface area contributed by atoms with E-state index in [0.717, 1.165) is 11.3 Å². The molecule has 2 nitrogen and oxygen atoms in total. The fourth-order valence-corrected chi connectivity index (χ4v) is 5.84. The molecular weight excluding hydrogens is 749 g/mol. The zero-order valence-electron chi connectivity index (χ0n) is 32.9. The summed E-state index contributed by atoms with van der Waals surface area (Å²) in [7, 11) is 0. The van der Waals surface area contributed by atoms with Gasteiger partial charge in [-0.15, -0.1) is 58.7 Å². The molecule has 0 unspecified atom stereocenters.